The first-order valence-corrected chi connectivity index (χ1v) is 8.38. The monoisotopic (exact) mass is 321 g/mol. The number of hydrogen-bond acceptors (Lipinski definition) is 5. The highest BCUT2D eigenvalue weighted by molar-refractivity contribution is 5.96. The Bertz CT molecular complexity index is 512. The molecule has 0 aromatic heterocycles. The van der Waals surface area contributed by atoms with Gasteiger partial charge in [-0.3, -0.25) is 4.79 Å². The number of carbonyl (C=O) groups is 1. The molecule has 2 rings (SSSR count). The van der Waals surface area contributed by atoms with Crippen LogP contribution in [-0.4, -0.2) is 55.2 Å². The summed E-state index contributed by atoms with van der Waals surface area (Å²) < 4.78 is 11.0. The molecule has 128 valence electrons. The number of ketones is 1. The molecule has 0 saturated carbocycles. The number of Topliss-reactive ketones (excluding diaryl/α,β-unsaturated/α-hetero) is 1. The summed E-state index contributed by atoms with van der Waals surface area (Å²) in [5, 5.41) is 10.1. The minimum atomic E-state index is -0.533. The Morgan fingerprint density at radius 3 is 2.65 bits per heavy atom. The first-order valence-electron chi connectivity index (χ1n) is 8.38. The van der Waals surface area contributed by atoms with Crippen molar-refractivity contribution in [1.29, 1.82) is 0 Å². The number of aliphatic hydroxyl groups excluding tert-OH is 1. The molecule has 1 atom stereocenters. The van der Waals surface area contributed by atoms with E-state index in [-0.39, 0.29) is 12.4 Å². The lowest BCUT2D eigenvalue weighted by Crippen LogP contribution is -2.38. The highest BCUT2D eigenvalue weighted by Gasteiger charge is 2.16. The Balaban J connectivity index is 1.90. The first-order chi connectivity index (χ1) is 11.1. The number of aliphatic hydroxyl groups is 1. The van der Waals surface area contributed by atoms with Gasteiger partial charge in [0, 0.05) is 18.5 Å². The zero-order valence-corrected chi connectivity index (χ0v) is 14.1. The molecule has 5 heteroatoms. The fraction of sp³-hybridized carbons (Fsp3) is 0.611. The van der Waals surface area contributed by atoms with E-state index < -0.39 is 6.10 Å². The van der Waals surface area contributed by atoms with E-state index in [2.05, 4.69) is 4.90 Å². The molecule has 1 heterocycles. The van der Waals surface area contributed by atoms with Gasteiger partial charge in [0.15, 0.2) is 17.3 Å². The van der Waals surface area contributed by atoms with E-state index >= 15 is 0 Å². The molecule has 23 heavy (non-hydrogen) atoms. The summed E-state index contributed by atoms with van der Waals surface area (Å²) in [6.07, 6.45) is 3.61. The molecule has 1 aromatic rings. The molecule has 0 aliphatic carbocycles. The van der Waals surface area contributed by atoms with Gasteiger partial charge in [-0.1, -0.05) is 13.3 Å². The number of likely N-dealkylation sites (tertiary alicyclic amines) is 1. The molecule has 1 aliphatic heterocycles. The molecule has 1 aromatic carbocycles. The van der Waals surface area contributed by atoms with Crippen molar-refractivity contribution in [2.45, 2.75) is 38.7 Å². The van der Waals surface area contributed by atoms with Gasteiger partial charge in [0.05, 0.1) is 7.11 Å². The fourth-order valence-electron chi connectivity index (χ4n) is 2.84. The largest absolute Gasteiger partial charge is 0.493 e. The Labute approximate surface area is 138 Å². The van der Waals surface area contributed by atoms with Crippen LogP contribution in [0, 0.1) is 0 Å². The number of rotatable bonds is 8. The molecule has 0 bridgehead atoms. The van der Waals surface area contributed by atoms with Crippen LogP contribution in [-0.2, 0) is 0 Å². The summed E-state index contributed by atoms with van der Waals surface area (Å²) >= 11 is 0. The van der Waals surface area contributed by atoms with Crippen molar-refractivity contribution in [2.24, 2.45) is 0 Å². The predicted molar refractivity (Wildman–Crippen MR) is 89.4 cm³/mol. The average molecular weight is 321 g/mol. The molecule has 5 nitrogen and oxygen atoms in total. The van der Waals surface area contributed by atoms with E-state index in [1.54, 1.807) is 25.3 Å². The maximum absolute atomic E-state index is 11.7. The normalized spacial score (nSPS) is 16.8. The SMILES string of the molecule is CCC(=O)c1ccc(OC[C@@H](O)CN2CCCCC2)c(OC)c1. The number of piperidine rings is 1. The topological polar surface area (TPSA) is 59.0 Å². The van der Waals surface area contributed by atoms with Gasteiger partial charge in [0.1, 0.15) is 12.7 Å². The van der Waals surface area contributed by atoms with Crippen LogP contribution in [0.4, 0.5) is 0 Å². The molecule has 1 aliphatic rings. The first kappa shape index (κ1) is 17.8. The molecular weight excluding hydrogens is 294 g/mol. The lowest BCUT2D eigenvalue weighted by atomic mass is 10.1. The van der Waals surface area contributed by atoms with Crippen molar-refractivity contribution >= 4 is 5.78 Å². The second-order valence-corrected chi connectivity index (χ2v) is 5.97. The quantitative estimate of drug-likeness (QED) is 0.746. The maximum Gasteiger partial charge on any atom is 0.162 e. The molecule has 0 spiro atoms. The van der Waals surface area contributed by atoms with Crippen LogP contribution < -0.4 is 9.47 Å². The van der Waals surface area contributed by atoms with Crippen molar-refractivity contribution in [3.63, 3.8) is 0 Å². The van der Waals surface area contributed by atoms with Gasteiger partial charge in [0.25, 0.3) is 0 Å². The molecule has 1 saturated heterocycles. The minimum absolute atomic E-state index is 0.0694. The lowest BCUT2D eigenvalue weighted by molar-refractivity contribution is 0.0608. The van der Waals surface area contributed by atoms with Crippen molar-refractivity contribution in [1.82, 2.24) is 4.90 Å². The zero-order valence-electron chi connectivity index (χ0n) is 14.1. The second kappa shape index (κ2) is 8.89. The van der Waals surface area contributed by atoms with E-state index in [0.717, 1.165) is 13.1 Å². The summed E-state index contributed by atoms with van der Waals surface area (Å²) in [6, 6.07) is 5.16. The van der Waals surface area contributed by atoms with Crippen LogP contribution in [0.2, 0.25) is 0 Å². The van der Waals surface area contributed by atoms with E-state index in [9.17, 15) is 9.90 Å². The number of nitrogens with zero attached hydrogens (tertiary/aromatic N) is 1. The van der Waals surface area contributed by atoms with Crippen LogP contribution in [0.15, 0.2) is 18.2 Å². The molecule has 0 unspecified atom stereocenters. The third-order valence-corrected chi connectivity index (χ3v) is 4.16. The van der Waals surface area contributed by atoms with Crippen LogP contribution >= 0.6 is 0 Å². The molecule has 0 amide bonds. The summed E-state index contributed by atoms with van der Waals surface area (Å²) in [4.78, 5) is 14.0. The number of β-amino-alcohol motifs (C(OH)–C–C–N with tert-alkyl or cyclic N) is 1. The Kier molecular flexibility index (Phi) is 6.86. The van der Waals surface area contributed by atoms with Gasteiger partial charge in [-0.15, -0.1) is 0 Å². The standard InChI is InChI=1S/C18H27NO4/c1-3-16(21)14-7-8-17(18(11-14)22-2)23-13-15(20)12-19-9-5-4-6-10-19/h7-8,11,15,20H,3-6,9-10,12-13H2,1-2H3/t15-/m0/s1. The lowest BCUT2D eigenvalue weighted by Gasteiger charge is -2.28. The van der Waals surface area contributed by atoms with E-state index in [4.69, 9.17) is 9.47 Å². The van der Waals surface area contributed by atoms with Crippen molar-refractivity contribution < 1.29 is 19.4 Å². The van der Waals surface area contributed by atoms with E-state index in [1.807, 2.05) is 6.92 Å². The molecular formula is C18H27NO4. The van der Waals surface area contributed by atoms with Crippen molar-refractivity contribution in [3.05, 3.63) is 23.8 Å². The molecule has 1 N–H and O–H groups in total. The predicted octanol–water partition coefficient (Wildman–Crippen LogP) is 2.51. The fourth-order valence-corrected chi connectivity index (χ4v) is 2.84. The smallest absolute Gasteiger partial charge is 0.162 e. The van der Waals surface area contributed by atoms with E-state index in [1.165, 1.54) is 19.3 Å². The van der Waals surface area contributed by atoms with Crippen LogP contribution in [0.5, 0.6) is 11.5 Å². The van der Waals surface area contributed by atoms with Crippen molar-refractivity contribution in [3.8, 4) is 11.5 Å². The van der Waals surface area contributed by atoms with Gasteiger partial charge < -0.3 is 19.5 Å². The highest BCUT2D eigenvalue weighted by atomic mass is 16.5. The Morgan fingerprint density at radius 2 is 2.00 bits per heavy atom. The molecule has 0 radical (unpaired) electrons. The van der Waals surface area contributed by atoms with Crippen LogP contribution in [0.1, 0.15) is 43.0 Å². The summed E-state index contributed by atoms with van der Waals surface area (Å²) in [6.45, 7) is 4.78. The Morgan fingerprint density at radius 1 is 1.26 bits per heavy atom. The average Bonchev–Trinajstić information content (AvgIpc) is 2.60. The third kappa shape index (κ3) is 5.22. The van der Waals surface area contributed by atoms with Gasteiger partial charge in [-0.05, 0) is 44.1 Å². The van der Waals surface area contributed by atoms with Crippen molar-refractivity contribution in [2.75, 3.05) is 33.4 Å². The van der Waals surface area contributed by atoms with Gasteiger partial charge >= 0.3 is 0 Å². The van der Waals surface area contributed by atoms with Crippen LogP contribution in [0.25, 0.3) is 0 Å². The summed E-state index contributed by atoms with van der Waals surface area (Å²) in [7, 11) is 1.55. The zero-order chi connectivity index (χ0) is 16.7. The second-order valence-electron chi connectivity index (χ2n) is 5.97. The van der Waals surface area contributed by atoms with E-state index in [0.29, 0.717) is 30.0 Å². The number of ether oxygens (including phenoxy) is 2. The van der Waals surface area contributed by atoms with Gasteiger partial charge in [0.2, 0.25) is 0 Å². The molecule has 1 fully saturated rings. The number of hydrogen-bond donors (Lipinski definition) is 1. The Hall–Kier alpha value is -1.59. The number of benzene rings is 1. The summed E-state index contributed by atoms with van der Waals surface area (Å²) in [5.41, 5.74) is 0.616. The highest BCUT2D eigenvalue weighted by Crippen LogP contribution is 2.28. The van der Waals surface area contributed by atoms with Gasteiger partial charge in [-0.25, -0.2) is 0 Å². The number of methoxy groups -OCH3 is 1. The van der Waals surface area contributed by atoms with Crippen LogP contribution in [0.3, 0.4) is 0 Å². The third-order valence-electron chi connectivity index (χ3n) is 4.16. The maximum atomic E-state index is 11.7. The summed E-state index contributed by atoms with van der Waals surface area (Å²) in [5.74, 6) is 1.15. The van der Waals surface area contributed by atoms with Gasteiger partial charge in [-0.2, -0.15) is 0 Å². The minimum Gasteiger partial charge on any atom is -0.493 e. The number of carbonyl (C=O) groups excluding carboxylic acids is 1.